The molecule has 1 aliphatic carbocycles. The van der Waals surface area contributed by atoms with Gasteiger partial charge >= 0.3 is 5.97 Å². The van der Waals surface area contributed by atoms with Crippen molar-refractivity contribution in [3.63, 3.8) is 0 Å². The van der Waals surface area contributed by atoms with Gasteiger partial charge in [0.1, 0.15) is 11.4 Å². The van der Waals surface area contributed by atoms with Crippen LogP contribution < -0.4 is 4.74 Å². The quantitative estimate of drug-likeness (QED) is 0.890. The van der Waals surface area contributed by atoms with Crippen LogP contribution in [0.3, 0.4) is 0 Å². The van der Waals surface area contributed by atoms with E-state index in [0.29, 0.717) is 0 Å². The Morgan fingerprint density at radius 1 is 1.28 bits per heavy atom. The SMILES string of the molecule is CC(C)(CC(=O)O)Oc1ccc2c(c1)CCCC2. The molecule has 1 aromatic rings. The van der Waals surface area contributed by atoms with E-state index in [9.17, 15) is 4.79 Å². The molecular formula is C15H20O3. The first-order valence-corrected chi connectivity index (χ1v) is 6.49. The van der Waals surface area contributed by atoms with E-state index in [2.05, 4.69) is 12.1 Å². The number of fused-ring (bicyclic) bond motifs is 1. The monoisotopic (exact) mass is 248 g/mol. The van der Waals surface area contributed by atoms with Gasteiger partial charge in [-0.2, -0.15) is 0 Å². The number of hydrogen-bond donors (Lipinski definition) is 1. The number of hydrogen-bond acceptors (Lipinski definition) is 2. The highest BCUT2D eigenvalue weighted by molar-refractivity contribution is 5.68. The summed E-state index contributed by atoms with van der Waals surface area (Å²) >= 11 is 0. The molecule has 3 nitrogen and oxygen atoms in total. The molecule has 2 rings (SSSR count). The van der Waals surface area contributed by atoms with Gasteiger partial charge in [-0.1, -0.05) is 6.07 Å². The first-order valence-electron chi connectivity index (χ1n) is 6.49. The summed E-state index contributed by atoms with van der Waals surface area (Å²) in [5.74, 6) is -0.0557. The van der Waals surface area contributed by atoms with Crippen molar-refractivity contribution in [2.45, 2.75) is 51.6 Å². The summed E-state index contributed by atoms with van der Waals surface area (Å²) in [6.45, 7) is 3.61. The Labute approximate surface area is 108 Å². The van der Waals surface area contributed by atoms with E-state index in [4.69, 9.17) is 9.84 Å². The van der Waals surface area contributed by atoms with Crippen LogP contribution in [0, 0.1) is 0 Å². The van der Waals surface area contributed by atoms with Crippen LogP contribution in [-0.2, 0) is 17.6 Å². The van der Waals surface area contributed by atoms with Gasteiger partial charge in [0.15, 0.2) is 0 Å². The smallest absolute Gasteiger partial charge is 0.307 e. The highest BCUT2D eigenvalue weighted by Gasteiger charge is 2.24. The zero-order valence-electron chi connectivity index (χ0n) is 11.0. The second-order valence-corrected chi connectivity index (χ2v) is 5.57. The zero-order valence-corrected chi connectivity index (χ0v) is 11.0. The summed E-state index contributed by atoms with van der Waals surface area (Å²) in [7, 11) is 0. The second-order valence-electron chi connectivity index (χ2n) is 5.57. The standard InChI is InChI=1S/C15H20O3/c1-15(2,10-14(16)17)18-13-8-7-11-5-3-4-6-12(11)9-13/h7-9H,3-6,10H2,1-2H3,(H,16,17). The van der Waals surface area contributed by atoms with Gasteiger partial charge in [0.25, 0.3) is 0 Å². The van der Waals surface area contributed by atoms with Crippen LogP contribution in [0.25, 0.3) is 0 Å². The Balaban J connectivity index is 2.12. The summed E-state index contributed by atoms with van der Waals surface area (Å²) in [4.78, 5) is 10.8. The fraction of sp³-hybridized carbons (Fsp3) is 0.533. The van der Waals surface area contributed by atoms with E-state index in [1.165, 1.54) is 24.0 Å². The molecule has 98 valence electrons. The minimum atomic E-state index is -0.835. The fourth-order valence-electron chi connectivity index (χ4n) is 2.49. The molecule has 0 bridgehead atoms. The topological polar surface area (TPSA) is 46.5 Å². The normalized spacial score (nSPS) is 15.0. The van der Waals surface area contributed by atoms with Crippen LogP contribution in [0.2, 0.25) is 0 Å². The van der Waals surface area contributed by atoms with Crippen LogP contribution >= 0.6 is 0 Å². The van der Waals surface area contributed by atoms with Crippen LogP contribution in [0.15, 0.2) is 18.2 Å². The molecule has 1 aliphatic rings. The average molecular weight is 248 g/mol. The molecule has 0 saturated carbocycles. The molecule has 0 radical (unpaired) electrons. The first kappa shape index (κ1) is 12.9. The summed E-state index contributed by atoms with van der Waals surface area (Å²) in [5.41, 5.74) is 2.09. The summed E-state index contributed by atoms with van der Waals surface area (Å²) in [6, 6.07) is 6.13. The van der Waals surface area contributed by atoms with Crippen LogP contribution in [0.4, 0.5) is 0 Å². The highest BCUT2D eigenvalue weighted by atomic mass is 16.5. The van der Waals surface area contributed by atoms with Crippen molar-refractivity contribution in [3.05, 3.63) is 29.3 Å². The first-order chi connectivity index (χ1) is 8.46. The number of carbonyl (C=O) groups is 1. The predicted octanol–water partition coefficient (Wildman–Crippen LogP) is 3.20. The lowest BCUT2D eigenvalue weighted by Gasteiger charge is -2.26. The third-order valence-corrected chi connectivity index (χ3v) is 3.29. The Morgan fingerprint density at radius 3 is 2.61 bits per heavy atom. The number of rotatable bonds is 4. The van der Waals surface area contributed by atoms with Crippen molar-refractivity contribution < 1.29 is 14.6 Å². The lowest BCUT2D eigenvalue weighted by molar-refractivity contribution is -0.140. The van der Waals surface area contributed by atoms with Crippen molar-refractivity contribution in [2.75, 3.05) is 0 Å². The molecular weight excluding hydrogens is 228 g/mol. The second kappa shape index (κ2) is 5.01. The maximum absolute atomic E-state index is 10.8. The summed E-state index contributed by atoms with van der Waals surface area (Å²) < 4.78 is 5.80. The van der Waals surface area contributed by atoms with Gasteiger partial charge in [0.05, 0.1) is 6.42 Å². The number of carboxylic acid groups (broad SMARTS) is 1. The maximum atomic E-state index is 10.8. The van der Waals surface area contributed by atoms with E-state index in [-0.39, 0.29) is 6.42 Å². The Kier molecular flexibility index (Phi) is 3.60. The predicted molar refractivity (Wildman–Crippen MR) is 70.0 cm³/mol. The number of carboxylic acids is 1. The lowest BCUT2D eigenvalue weighted by Crippen LogP contribution is -2.31. The van der Waals surface area contributed by atoms with E-state index in [0.717, 1.165) is 18.6 Å². The van der Waals surface area contributed by atoms with E-state index < -0.39 is 11.6 Å². The van der Waals surface area contributed by atoms with Crippen molar-refractivity contribution in [1.82, 2.24) is 0 Å². The largest absolute Gasteiger partial charge is 0.487 e. The van der Waals surface area contributed by atoms with Gasteiger partial charge in [-0.3, -0.25) is 4.79 Å². The van der Waals surface area contributed by atoms with Crippen molar-refractivity contribution in [3.8, 4) is 5.75 Å². The molecule has 3 heteroatoms. The molecule has 1 N–H and O–H groups in total. The van der Waals surface area contributed by atoms with Crippen LogP contribution in [-0.4, -0.2) is 16.7 Å². The van der Waals surface area contributed by atoms with Crippen molar-refractivity contribution in [1.29, 1.82) is 0 Å². The van der Waals surface area contributed by atoms with Crippen LogP contribution in [0.5, 0.6) is 5.75 Å². The molecule has 0 atom stereocenters. The molecule has 0 heterocycles. The minimum absolute atomic E-state index is 0.00405. The maximum Gasteiger partial charge on any atom is 0.307 e. The molecule has 0 aliphatic heterocycles. The van der Waals surface area contributed by atoms with Crippen LogP contribution in [0.1, 0.15) is 44.2 Å². The Hall–Kier alpha value is -1.51. The van der Waals surface area contributed by atoms with E-state index in [1.54, 1.807) is 13.8 Å². The molecule has 1 aromatic carbocycles. The van der Waals surface area contributed by atoms with E-state index >= 15 is 0 Å². The molecule has 0 fully saturated rings. The molecule has 0 aromatic heterocycles. The number of aliphatic carboxylic acids is 1. The molecule has 18 heavy (non-hydrogen) atoms. The van der Waals surface area contributed by atoms with Crippen molar-refractivity contribution in [2.24, 2.45) is 0 Å². The number of aryl methyl sites for hydroxylation is 2. The fourth-order valence-corrected chi connectivity index (χ4v) is 2.49. The zero-order chi connectivity index (χ0) is 13.2. The average Bonchev–Trinajstić information content (AvgIpc) is 2.26. The van der Waals surface area contributed by atoms with Gasteiger partial charge in [-0.15, -0.1) is 0 Å². The van der Waals surface area contributed by atoms with Crippen molar-refractivity contribution >= 4 is 5.97 Å². The summed E-state index contributed by atoms with van der Waals surface area (Å²) in [5, 5.41) is 8.84. The number of benzene rings is 1. The molecule has 0 amide bonds. The third kappa shape index (κ3) is 3.25. The van der Waals surface area contributed by atoms with Gasteiger partial charge in [-0.05, 0) is 62.8 Å². The molecule has 0 unspecified atom stereocenters. The minimum Gasteiger partial charge on any atom is -0.487 e. The van der Waals surface area contributed by atoms with E-state index in [1.807, 2.05) is 6.07 Å². The molecule has 0 spiro atoms. The lowest BCUT2D eigenvalue weighted by atomic mass is 9.91. The van der Waals surface area contributed by atoms with Gasteiger partial charge in [-0.25, -0.2) is 0 Å². The Bertz CT molecular complexity index is 449. The highest BCUT2D eigenvalue weighted by Crippen LogP contribution is 2.28. The molecule has 0 saturated heterocycles. The third-order valence-electron chi connectivity index (χ3n) is 3.29. The van der Waals surface area contributed by atoms with Gasteiger partial charge in [0, 0.05) is 0 Å². The Morgan fingerprint density at radius 2 is 1.94 bits per heavy atom. The van der Waals surface area contributed by atoms with Gasteiger partial charge in [0.2, 0.25) is 0 Å². The summed E-state index contributed by atoms with van der Waals surface area (Å²) in [6.07, 6.45) is 4.75. The number of ether oxygens (including phenoxy) is 1. The van der Waals surface area contributed by atoms with Gasteiger partial charge < -0.3 is 9.84 Å².